The second-order valence-corrected chi connectivity index (χ2v) is 3.37. The number of nitrogens with one attached hydrogen (secondary N) is 1. The van der Waals surface area contributed by atoms with E-state index in [-0.39, 0.29) is 12.5 Å². The number of hydrogen-bond donors (Lipinski definition) is 1. The van der Waals surface area contributed by atoms with Crippen molar-refractivity contribution in [1.29, 1.82) is 0 Å². The molecule has 0 atom stereocenters. The standard InChI is InChI=1S/C7H7N5OS/c13-6(3-12-5-8-4-10-12)11-7-9-1-2-14-7/h1-2,4-5H,3H2,(H,9,11,13). The number of hydrogen-bond acceptors (Lipinski definition) is 5. The van der Waals surface area contributed by atoms with E-state index in [9.17, 15) is 4.79 Å². The minimum absolute atomic E-state index is 0.152. The first kappa shape index (κ1) is 8.82. The van der Waals surface area contributed by atoms with Gasteiger partial charge in [0.2, 0.25) is 5.91 Å². The number of thiazole rings is 1. The number of rotatable bonds is 3. The average Bonchev–Trinajstić information content (AvgIpc) is 2.76. The largest absolute Gasteiger partial charge is 0.300 e. The summed E-state index contributed by atoms with van der Waals surface area (Å²) in [6.07, 6.45) is 4.51. The van der Waals surface area contributed by atoms with Gasteiger partial charge in [0.1, 0.15) is 19.2 Å². The minimum Gasteiger partial charge on any atom is -0.300 e. The topological polar surface area (TPSA) is 72.7 Å². The van der Waals surface area contributed by atoms with Crippen LogP contribution in [0.1, 0.15) is 0 Å². The highest BCUT2D eigenvalue weighted by Gasteiger charge is 2.04. The van der Waals surface area contributed by atoms with Crippen LogP contribution < -0.4 is 5.32 Å². The quantitative estimate of drug-likeness (QED) is 0.792. The van der Waals surface area contributed by atoms with Crippen molar-refractivity contribution in [2.45, 2.75) is 6.54 Å². The molecule has 0 aliphatic carbocycles. The van der Waals surface area contributed by atoms with E-state index in [2.05, 4.69) is 20.4 Å². The zero-order valence-electron chi connectivity index (χ0n) is 7.12. The van der Waals surface area contributed by atoms with Gasteiger partial charge in [-0.2, -0.15) is 5.10 Å². The molecule has 72 valence electrons. The molecule has 1 N–H and O–H groups in total. The smallest absolute Gasteiger partial charge is 0.247 e. The first-order chi connectivity index (χ1) is 6.84. The van der Waals surface area contributed by atoms with Gasteiger partial charge in [0.15, 0.2) is 5.13 Å². The molecule has 0 saturated carbocycles. The van der Waals surface area contributed by atoms with Crippen molar-refractivity contribution in [3.63, 3.8) is 0 Å². The van der Waals surface area contributed by atoms with Crippen molar-refractivity contribution in [3.8, 4) is 0 Å². The van der Waals surface area contributed by atoms with Crippen LogP contribution in [0.4, 0.5) is 5.13 Å². The van der Waals surface area contributed by atoms with E-state index in [1.165, 1.54) is 28.7 Å². The molecule has 2 aromatic rings. The lowest BCUT2D eigenvalue weighted by molar-refractivity contribution is -0.116. The molecule has 0 aliphatic rings. The third-order valence-corrected chi connectivity index (χ3v) is 2.14. The van der Waals surface area contributed by atoms with Gasteiger partial charge >= 0.3 is 0 Å². The zero-order valence-corrected chi connectivity index (χ0v) is 7.94. The SMILES string of the molecule is O=C(Cn1cncn1)Nc1nccs1. The van der Waals surface area contributed by atoms with E-state index in [0.29, 0.717) is 5.13 Å². The lowest BCUT2D eigenvalue weighted by Gasteiger charge is -2.00. The molecule has 0 radical (unpaired) electrons. The summed E-state index contributed by atoms with van der Waals surface area (Å²) in [4.78, 5) is 19.0. The molecule has 2 rings (SSSR count). The highest BCUT2D eigenvalue weighted by molar-refractivity contribution is 7.13. The Bertz CT molecular complexity index is 357. The number of nitrogens with zero attached hydrogens (tertiary/aromatic N) is 4. The van der Waals surface area contributed by atoms with Gasteiger partial charge in [-0.1, -0.05) is 0 Å². The molecule has 0 spiro atoms. The Kier molecular flexibility index (Phi) is 2.50. The fourth-order valence-corrected chi connectivity index (χ4v) is 1.45. The van der Waals surface area contributed by atoms with E-state index >= 15 is 0 Å². The highest BCUT2D eigenvalue weighted by Crippen LogP contribution is 2.09. The molecular weight excluding hydrogens is 202 g/mol. The molecule has 0 unspecified atom stereocenters. The van der Waals surface area contributed by atoms with Crippen molar-refractivity contribution in [3.05, 3.63) is 24.2 Å². The molecule has 0 bridgehead atoms. The summed E-state index contributed by atoms with van der Waals surface area (Å²) in [6, 6.07) is 0. The Morgan fingerprint density at radius 3 is 3.21 bits per heavy atom. The molecule has 0 saturated heterocycles. The predicted molar refractivity (Wildman–Crippen MR) is 50.8 cm³/mol. The summed E-state index contributed by atoms with van der Waals surface area (Å²) in [7, 11) is 0. The van der Waals surface area contributed by atoms with E-state index in [1.54, 1.807) is 11.6 Å². The van der Waals surface area contributed by atoms with E-state index in [1.807, 2.05) is 0 Å². The fourth-order valence-electron chi connectivity index (χ4n) is 0.905. The first-order valence-electron chi connectivity index (χ1n) is 3.86. The van der Waals surface area contributed by atoms with Crippen LogP contribution >= 0.6 is 11.3 Å². The first-order valence-corrected chi connectivity index (χ1v) is 4.74. The number of aromatic nitrogens is 4. The van der Waals surface area contributed by atoms with Crippen LogP contribution in [-0.4, -0.2) is 25.7 Å². The van der Waals surface area contributed by atoms with E-state index in [0.717, 1.165) is 0 Å². The Morgan fingerprint density at radius 2 is 2.57 bits per heavy atom. The zero-order chi connectivity index (χ0) is 9.80. The Hall–Kier alpha value is -1.76. The van der Waals surface area contributed by atoms with Gasteiger partial charge in [-0.05, 0) is 0 Å². The second-order valence-electron chi connectivity index (χ2n) is 2.48. The van der Waals surface area contributed by atoms with Gasteiger partial charge in [0.05, 0.1) is 0 Å². The molecule has 6 nitrogen and oxygen atoms in total. The van der Waals surface area contributed by atoms with Gasteiger partial charge in [0.25, 0.3) is 0 Å². The maximum absolute atomic E-state index is 11.3. The maximum Gasteiger partial charge on any atom is 0.247 e. The van der Waals surface area contributed by atoms with Crippen molar-refractivity contribution in [1.82, 2.24) is 19.7 Å². The third kappa shape index (κ3) is 2.13. The predicted octanol–water partition coefficient (Wildman–Crippen LogP) is 0.373. The van der Waals surface area contributed by atoms with Gasteiger partial charge in [-0.25, -0.2) is 14.6 Å². The third-order valence-electron chi connectivity index (χ3n) is 1.45. The van der Waals surface area contributed by atoms with Crippen molar-refractivity contribution in [2.75, 3.05) is 5.32 Å². The number of carbonyl (C=O) groups excluding carboxylic acids is 1. The van der Waals surface area contributed by atoms with Crippen molar-refractivity contribution in [2.24, 2.45) is 0 Å². The minimum atomic E-state index is -0.162. The van der Waals surface area contributed by atoms with E-state index in [4.69, 9.17) is 0 Å². The molecule has 1 amide bonds. The molecule has 0 aliphatic heterocycles. The van der Waals surface area contributed by atoms with Gasteiger partial charge in [0, 0.05) is 11.6 Å². The summed E-state index contributed by atoms with van der Waals surface area (Å²) in [5.41, 5.74) is 0. The van der Waals surface area contributed by atoms with Gasteiger partial charge in [-0.15, -0.1) is 11.3 Å². The van der Waals surface area contributed by atoms with Crippen molar-refractivity contribution >= 4 is 22.4 Å². The summed E-state index contributed by atoms with van der Waals surface area (Å²) in [5.74, 6) is -0.162. The van der Waals surface area contributed by atoms with E-state index < -0.39 is 0 Å². The Labute approximate surface area is 83.6 Å². The van der Waals surface area contributed by atoms with Crippen LogP contribution in [0.15, 0.2) is 24.2 Å². The van der Waals surface area contributed by atoms with Crippen LogP contribution in [-0.2, 0) is 11.3 Å². The van der Waals surface area contributed by atoms with Crippen LogP contribution in [0.25, 0.3) is 0 Å². The van der Waals surface area contributed by atoms with Crippen molar-refractivity contribution < 1.29 is 4.79 Å². The Balaban J connectivity index is 1.91. The lowest BCUT2D eigenvalue weighted by Crippen LogP contribution is -2.18. The highest BCUT2D eigenvalue weighted by atomic mass is 32.1. The maximum atomic E-state index is 11.3. The van der Waals surface area contributed by atoms with Crippen LogP contribution in [0, 0.1) is 0 Å². The average molecular weight is 209 g/mol. The monoisotopic (exact) mass is 209 g/mol. The normalized spacial score (nSPS) is 10.0. The molecule has 2 heterocycles. The fraction of sp³-hybridized carbons (Fsp3) is 0.143. The number of carbonyl (C=O) groups is 1. The molecule has 14 heavy (non-hydrogen) atoms. The number of anilines is 1. The molecule has 0 fully saturated rings. The van der Waals surface area contributed by atoms with Crippen LogP contribution in [0.5, 0.6) is 0 Å². The molecule has 0 aromatic carbocycles. The van der Waals surface area contributed by atoms with Crippen LogP contribution in [0.2, 0.25) is 0 Å². The lowest BCUT2D eigenvalue weighted by atomic mass is 10.6. The summed E-state index contributed by atoms with van der Waals surface area (Å²) < 4.78 is 1.45. The number of amides is 1. The molecule has 2 aromatic heterocycles. The summed E-state index contributed by atoms with van der Waals surface area (Å²) in [6.45, 7) is 0.152. The second kappa shape index (κ2) is 3.97. The Morgan fingerprint density at radius 1 is 1.64 bits per heavy atom. The summed E-state index contributed by atoms with van der Waals surface area (Å²) >= 11 is 1.38. The summed E-state index contributed by atoms with van der Waals surface area (Å²) in [5, 5.41) is 8.84. The molecule has 7 heteroatoms. The van der Waals surface area contributed by atoms with Crippen LogP contribution in [0.3, 0.4) is 0 Å². The van der Waals surface area contributed by atoms with Gasteiger partial charge < -0.3 is 5.32 Å². The molecular formula is C7H7N5OS. The van der Waals surface area contributed by atoms with Gasteiger partial charge in [-0.3, -0.25) is 4.79 Å².